The van der Waals surface area contributed by atoms with Crippen molar-refractivity contribution in [3.63, 3.8) is 0 Å². The van der Waals surface area contributed by atoms with Crippen LogP contribution in [-0.2, 0) is 0 Å². The Labute approximate surface area is 214 Å². The zero-order valence-electron chi connectivity index (χ0n) is 22.1. The molecule has 2 unspecified atom stereocenters. The van der Waals surface area contributed by atoms with Gasteiger partial charge in [-0.1, -0.05) is 90.1 Å². The molecule has 0 saturated carbocycles. The van der Waals surface area contributed by atoms with Gasteiger partial charge in [0, 0.05) is 45.9 Å². The van der Waals surface area contributed by atoms with Gasteiger partial charge in [-0.2, -0.15) is 0 Å². The molecule has 0 aliphatic rings. The quantitative estimate of drug-likeness (QED) is 0.262. The molecule has 0 aliphatic carbocycles. The van der Waals surface area contributed by atoms with Gasteiger partial charge in [0.15, 0.2) is 23.1 Å². The Bertz CT molecular complexity index is 1280. The van der Waals surface area contributed by atoms with Crippen LogP contribution in [0.3, 0.4) is 0 Å². The maximum Gasteiger partial charge on any atom is 0.165 e. The summed E-state index contributed by atoms with van der Waals surface area (Å²) in [6.07, 6.45) is 1.21. The highest BCUT2D eigenvalue weighted by molar-refractivity contribution is 6.04. The Morgan fingerprint density at radius 2 is 0.778 bits per heavy atom. The van der Waals surface area contributed by atoms with Gasteiger partial charge in [-0.3, -0.25) is 19.2 Å². The maximum atomic E-state index is 13.1. The van der Waals surface area contributed by atoms with Crippen LogP contribution in [-0.4, -0.2) is 23.1 Å². The minimum absolute atomic E-state index is 0.0237. The summed E-state index contributed by atoms with van der Waals surface area (Å²) in [5.74, 6) is -0.343. The predicted octanol–water partition coefficient (Wildman–Crippen LogP) is 7.64. The second-order valence-corrected chi connectivity index (χ2v) is 10.5. The van der Waals surface area contributed by atoms with Crippen molar-refractivity contribution in [2.45, 2.75) is 54.4 Å². The molecule has 0 aromatic heterocycles. The van der Waals surface area contributed by atoms with Gasteiger partial charge in [-0.15, -0.1) is 0 Å². The van der Waals surface area contributed by atoms with E-state index in [1.165, 1.54) is 0 Å². The summed E-state index contributed by atoms with van der Waals surface area (Å²) in [4.78, 5) is 50.4. The number of rotatable bonds is 11. The van der Waals surface area contributed by atoms with E-state index in [-0.39, 0.29) is 46.8 Å². The van der Waals surface area contributed by atoms with Crippen molar-refractivity contribution in [2.75, 3.05) is 0 Å². The van der Waals surface area contributed by atoms with E-state index in [0.29, 0.717) is 35.1 Å². The Hall–Kier alpha value is -3.40. The van der Waals surface area contributed by atoms with Crippen LogP contribution in [0, 0.1) is 23.7 Å². The topological polar surface area (TPSA) is 68.3 Å². The van der Waals surface area contributed by atoms with Crippen molar-refractivity contribution < 1.29 is 19.2 Å². The first-order valence-electron chi connectivity index (χ1n) is 12.8. The van der Waals surface area contributed by atoms with Crippen molar-refractivity contribution in [3.05, 3.63) is 82.9 Å². The fourth-order valence-corrected chi connectivity index (χ4v) is 4.35. The first kappa shape index (κ1) is 27.2. The molecule has 0 spiro atoms. The van der Waals surface area contributed by atoms with Crippen LogP contribution >= 0.6 is 0 Å². The van der Waals surface area contributed by atoms with Crippen LogP contribution in [0.5, 0.6) is 0 Å². The van der Waals surface area contributed by atoms with Gasteiger partial charge in [0.1, 0.15) is 0 Å². The summed E-state index contributed by atoms with van der Waals surface area (Å²) in [6.45, 7) is 11.3. The highest BCUT2D eigenvalue weighted by Crippen LogP contribution is 2.24. The molecule has 2 atom stereocenters. The Morgan fingerprint density at radius 1 is 0.472 bits per heavy atom. The number of benzene rings is 3. The molecule has 0 bridgehead atoms. The van der Waals surface area contributed by atoms with E-state index in [9.17, 15) is 19.2 Å². The summed E-state index contributed by atoms with van der Waals surface area (Å²) >= 11 is 0. The number of Topliss-reactive ketones (excluding diaryl/α,β-unsaturated/α-hetero) is 4. The lowest BCUT2D eigenvalue weighted by molar-refractivity contribution is 0.0882. The molecule has 0 amide bonds. The smallest absolute Gasteiger partial charge is 0.165 e. The standard InChI is InChI=1S/C32H36O4/c1-19(2)29(33)23-9-11-24(12-10-23)31(35)21(5)7-8-22(6)32(36)28-16-14-25-17-27(30(34)20(3)4)15-13-26(25)18-28/h9-22H,7-8H2,1-6H3. The van der Waals surface area contributed by atoms with Crippen molar-refractivity contribution in [1.29, 1.82) is 0 Å². The minimum Gasteiger partial charge on any atom is -0.294 e. The van der Waals surface area contributed by atoms with Gasteiger partial charge >= 0.3 is 0 Å². The largest absolute Gasteiger partial charge is 0.294 e. The van der Waals surface area contributed by atoms with E-state index >= 15 is 0 Å². The van der Waals surface area contributed by atoms with Crippen molar-refractivity contribution >= 4 is 33.9 Å². The molecule has 0 radical (unpaired) electrons. The highest BCUT2D eigenvalue weighted by Gasteiger charge is 2.21. The van der Waals surface area contributed by atoms with Crippen molar-refractivity contribution in [1.82, 2.24) is 0 Å². The molecular weight excluding hydrogens is 448 g/mol. The third kappa shape index (κ3) is 6.23. The van der Waals surface area contributed by atoms with Gasteiger partial charge in [0.25, 0.3) is 0 Å². The molecule has 3 rings (SSSR count). The van der Waals surface area contributed by atoms with E-state index in [1.807, 2.05) is 77.9 Å². The minimum atomic E-state index is -0.222. The molecule has 3 aromatic rings. The molecule has 0 saturated heterocycles. The van der Waals surface area contributed by atoms with E-state index in [2.05, 4.69) is 0 Å². The number of hydrogen-bond donors (Lipinski definition) is 0. The van der Waals surface area contributed by atoms with Crippen LogP contribution in [0.15, 0.2) is 60.7 Å². The van der Waals surface area contributed by atoms with E-state index in [1.54, 1.807) is 24.3 Å². The molecule has 188 valence electrons. The van der Waals surface area contributed by atoms with Gasteiger partial charge in [0.05, 0.1) is 0 Å². The van der Waals surface area contributed by atoms with Crippen LogP contribution < -0.4 is 0 Å². The van der Waals surface area contributed by atoms with E-state index in [0.717, 1.165) is 10.8 Å². The summed E-state index contributed by atoms with van der Waals surface area (Å²) < 4.78 is 0. The van der Waals surface area contributed by atoms with Gasteiger partial charge in [0.2, 0.25) is 0 Å². The maximum absolute atomic E-state index is 13.1. The van der Waals surface area contributed by atoms with Gasteiger partial charge in [-0.05, 0) is 35.7 Å². The fourth-order valence-electron chi connectivity index (χ4n) is 4.35. The number of hydrogen-bond acceptors (Lipinski definition) is 4. The molecule has 0 aliphatic heterocycles. The zero-order valence-corrected chi connectivity index (χ0v) is 22.1. The van der Waals surface area contributed by atoms with Crippen LogP contribution in [0.25, 0.3) is 10.8 Å². The van der Waals surface area contributed by atoms with Crippen molar-refractivity contribution in [2.24, 2.45) is 23.7 Å². The molecule has 36 heavy (non-hydrogen) atoms. The fraction of sp³-hybridized carbons (Fsp3) is 0.375. The first-order chi connectivity index (χ1) is 17.0. The number of ketones is 4. The average molecular weight is 485 g/mol. The van der Waals surface area contributed by atoms with E-state index in [4.69, 9.17) is 0 Å². The average Bonchev–Trinajstić information content (AvgIpc) is 2.88. The third-order valence-electron chi connectivity index (χ3n) is 6.84. The second-order valence-electron chi connectivity index (χ2n) is 10.5. The first-order valence-corrected chi connectivity index (χ1v) is 12.8. The second kappa shape index (κ2) is 11.6. The van der Waals surface area contributed by atoms with Gasteiger partial charge < -0.3 is 0 Å². The number of fused-ring (bicyclic) bond motifs is 1. The summed E-state index contributed by atoms with van der Waals surface area (Å²) in [7, 11) is 0. The molecule has 0 heterocycles. The monoisotopic (exact) mass is 484 g/mol. The summed E-state index contributed by atoms with van der Waals surface area (Å²) in [5, 5.41) is 1.86. The summed E-state index contributed by atoms with van der Waals surface area (Å²) in [6, 6.07) is 18.1. The highest BCUT2D eigenvalue weighted by atomic mass is 16.1. The Kier molecular flexibility index (Phi) is 8.73. The van der Waals surface area contributed by atoms with Gasteiger partial charge in [-0.25, -0.2) is 0 Å². The number of carbonyl (C=O) groups excluding carboxylic acids is 4. The van der Waals surface area contributed by atoms with Crippen molar-refractivity contribution in [3.8, 4) is 0 Å². The summed E-state index contributed by atoms with van der Waals surface area (Å²) in [5.41, 5.74) is 2.53. The molecule has 3 aromatic carbocycles. The SMILES string of the molecule is CC(C)C(=O)c1ccc(C(=O)C(C)CCC(C)C(=O)c2ccc3cc(C(=O)C(C)C)ccc3c2)cc1. The third-order valence-corrected chi connectivity index (χ3v) is 6.84. The van der Waals surface area contributed by atoms with Crippen LogP contribution in [0.4, 0.5) is 0 Å². The van der Waals surface area contributed by atoms with E-state index < -0.39 is 0 Å². The number of carbonyl (C=O) groups is 4. The van der Waals surface area contributed by atoms with Crippen LogP contribution in [0.2, 0.25) is 0 Å². The van der Waals surface area contributed by atoms with Crippen LogP contribution in [0.1, 0.15) is 95.8 Å². The Morgan fingerprint density at radius 3 is 1.19 bits per heavy atom. The lowest BCUT2D eigenvalue weighted by Gasteiger charge is -2.15. The molecule has 0 fully saturated rings. The Balaban J connectivity index is 1.62. The predicted molar refractivity (Wildman–Crippen MR) is 145 cm³/mol. The zero-order chi connectivity index (χ0) is 26.6. The molecule has 4 heteroatoms. The molecular formula is C32H36O4. The lowest BCUT2D eigenvalue weighted by atomic mass is 9.87. The molecule has 0 N–H and O–H groups in total. The normalized spacial score (nSPS) is 13.1. The molecule has 4 nitrogen and oxygen atoms in total. The lowest BCUT2D eigenvalue weighted by Crippen LogP contribution is -2.16.